The predicted octanol–water partition coefficient (Wildman–Crippen LogP) is 21.3. The van der Waals surface area contributed by atoms with Crippen molar-refractivity contribution in [2.75, 3.05) is 4.90 Å². The van der Waals surface area contributed by atoms with Crippen molar-refractivity contribution in [3.8, 4) is 72.4 Å². The van der Waals surface area contributed by atoms with E-state index in [0.29, 0.717) is 0 Å². The minimum Gasteiger partial charge on any atom is -0.453 e. The molecule has 0 radical (unpaired) electrons. The van der Waals surface area contributed by atoms with Crippen LogP contribution in [0.25, 0.3) is 127 Å². The van der Waals surface area contributed by atoms with Gasteiger partial charge in [-0.2, -0.15) is 0 Å². The van der Waals surface area contributed by atoms with Crippen LogP contribution in [0.4, 0.5) is 17.1 Å². The first-order valence-corrected chi connectivity index (χ1v) is 27.1. The van der Waals surface area contributed by atoms with Gasteiger partial charge in [0.2, 0.25) is 0 Å². The lowest BCUT2D eigenvalue weighted by molar-refractivity contribution is 0.670. The zero-order valence-electron chi connectivity index (χ0n) is 43.2. The molecule has 0 aliphatic heterocycles. The first-order valence-electron chi connectivity index (χ1n) is 27.1. The van der Waals surface area contributed by atoms with Crippen molar-refractivity contribution in [3.63, 3.8) is 0 Å². The van der Waals surface area contributed by atoms with E-state index in [4.69, 9.17) is 4.42 Å². The van der Waals surface area contributed by atoms with Crippen LogP contribution in [0.5, 0.6) is 0 Å². The molecule has 0 aliphatic rings. The van der Waals surface area contributed by atoms with E-state index in [1.165, 1.54) is 77.2 Å². The molecule has 3 nitrogen and oxygen atoms in total. The zero-order chi connectivity index (χ0) is 52.2. The van der Waals surface area contributed by atoms with E-state index >= 15 is 0 Å². The molecule has 0 amide bonds. The summed E-state index contributed by atoms with van der Waals surface area (Å²) in [5, 5.41) is 7.07. The van der Waals surface area contributed by atoms with Crippen molar-refractivity contribution >= 4 is 71.6 Å². The highest BCUT2D eigenvalue weighted by molar-refractivity contribution is 6.24. The largest absolute Gasteiger partial charge is 0.453 e. The summed E-state index contributed by atoms with van der Waals surface area (Å²) in [6.45, 7) is 0. The number of hydrogen-bond acceptors (Lipinski definition) is 2. The molecule has 0 fully saturated rings. The fourth-order valence-corrected chi connectivity index (χ4v) is 11.9. The number of anilines is 3. The average Bonchev–Trinajstić information content (AvgIpc) is 4.33. The number of nitrogens with zero attached hydrogens (tertiary/aromatic N) is 2. The fourth-order valence-electron chi connectivity index (χ4n) is 11.9. The summed E-state index contributed by atoms with van der Waals surface area (Å²) in [5.41, 5.74) is 22.3. The molecule has 2 heterocycles. The van der Waals surface area contributed by atoms with Gasteiger partial charge < -0.3 is 13.9 Å². The van der Waals surface area contributed by atoms with Gasteiger partial charge in [0.1, 0.15) is 5.58 Å². The van der Waals surface area contributed by atoms with E-state index in [1.807, 2.05) is 0 Å². The second-order valence-electron chi connectivity index (χ2n) is 20.4. The summed E-state index contributed by atoms with van der Waals surface area (Å²) in [7, 11) is 0. The van der Waals surface area contributed by atoms with Gasteiger partial charge in [-0.3, -0.25) is 0 Å². The lowest BCUT2D eigenvalue weighted by Gasteiger charge is -2.26. The van der Waals surface area contributed by atoms with Gasteiger partial charge in [0.05, 0.1) is 16.7 Å². The molecule has 0 atom stereocenters. The Morgan fingerprint density at radius 1 is 0.266 bits per heavy atom. The summed E-state index contributed by atoms with van der Waals surface area (Å²) in [5.74, 6) is 0. The van der Waals surface area contributed by atoms with Gasteiger partial charge in [-0.05, 0) is 139 Å². The first-order chi connectivity index (χ1) is 39.2. The Kier molecular flexibility index (Phi) is 11.2. The van der Waals surface area contributed by atoms with Crippen LogP contribution in [-0.2, 0) is 0 Å². The molecule has 370 valence electrons. The molecule has 0 saturated heterocycles. The van der Waals surface area contributed by atoms with Gasteiger partial charge in [-0.1, -0.05) is 237 Å². The summed E-state index contributed by atoms with van der Waals surface area (Å²) in [4.78, 5) is 2.34. The number of rotatable bonds is 10. The fraction of sp³-hybridized carbons (Fsp3) is 0. The standard InChI is InChI=1S/C76H50N2O/c1-4-15-51(16-5-1)52-27-29-55(30-28-52)57-39-44-64(45-40-57)77(73-26-14-24-68-74-66-22-11-10-19-62(66)50-69(76(74)79-75(68)73)60-17-6-2-7-18-60)65-46-41-58(42-47-65)56-33-31-53(32-34-56)54-35-37-59(38-36-54)61-43-48-72-70(49-61)67-23-12-13-25-71(67)78(72)63-20-8-3-9-21-63/h1-50H. The van der Waals surface area contributed by atoms with Crippen LogP contribution in [-0.4, -0.2) is 4.57 Å². The minimum absolute atomic E-state index is 0.840. The van der Waals surface area contributed by atoms with Crippen LogP contribution < -0.4 is 4.90 Å². The van der Waals surface area contributed by atoms with E-state index in [2.05, 4.69) is 313 Å². The highest BCUT2D eigenvalue weighted by Gasteiger charge is 2.23. The van der Waals surface area contributed by atoms with Gasteiger partial charge in [0, 0.05) is 44.2 Å². The molecule has 0 unspecified atom stereocenters. The van der Waals surface area contributed by atoms with Crippen molar-refractivity contribution < 1.29 is 4.42 Å². The molecular weight excluding hydrogens is 957 g/mol. The maximum atomic E-state index is 7.21. The molecule has 13 aromatic carbocycles. The summed E-state index contributed by atoms with van der Waals surface area (Å²) >= 11 is 0. The molecule has 0 aliphatic carbocycles. The Morgan fingerprint density at radius 3 is 1.25 bits per heavy atom. The average molecular weight is 1010 g/mol. The molecule has 2 aromatic heterocycles. The maximum Gasteiger partial charge on any atom is 0.159 e. The van der Waals surface area contributed by atoms with E-state index in [-0.39, 0.29) is 0 Å². The Morgan fingerprint density at radius 2 is 0.684 bits per heavy atom. The van der Waals surface area contributed by atoms with Gasteiger partial charge in [-0.15, -0.1) is 0 Å². The van der Waals surface area contributed by atoms with Crippen LogP contribution >= 0.6 is 0 Å². The van der Waals surface area contributed by atoms with E-state index < -0.39 is 0 Å². The molecule has 0 bridgehead atoms. The highest BCUT2D eigenvalue weighted by atomic mass is 16.3. The topological polar surface area (TPSA) is 21.3 Å². The smallest absolute Gasteiger partial charge is 0.159 e. The van der Waals surface area contributed by atoms with Crippen molar-refractivity contribution in [1.82, 2.24) is 4.57 Å². The van der Waals surface area contributed by atoms with Crippen LogP contribution in [0.15, 0.2) is 308 Å². The number of hydrogen-bond donors (Lipinski definition) is 0. The van der Waals surface area contributed by atoms with Gasteiger partial charge in [0.15, 0.2) is 5.58 Å². The lowest BCUT2D eigenvalue weighted by atomic mass is 9.96. The van der Waals surface area contributed by atoms with Gasteiger partial charge in [0.25, 0.3) is 0 Å². The molecule has 79 heavy (non-hydrogen) atoms. The van der Waals surface area contributed by atoms with Gasteiger partial charge in [-0.25, -0.2) is 0 Å². The highest BCUT2D eigenvalue weighted by Crippen LogP contribution is 2.47. The second-order valence-corrected chi connectivity index (χ2v) is 20.4. The molecule has 0 spiro atoms. The maximum absolute atomic E-state index is 7.21. The third kappa shape index (κ3) is 8.16. The zero-order valence-corrected chi connectivity index (χ0v) is 43.2. The third-order valence-electron chi connectivity index (χ3n) is 15.8. The van der Waals surface area contributed by atoms with Gasteiger partial charge >= 0.3 is 0 Å². The second kappa shape index (κ2) is 19.3. The molecular formula is C76H50N2O. The van der Waals surface area contributed by atoms with Crippen LogP contribution in [0.1, 0.15) is 0 Å². The van der Waals surface area contributed by atoms with Crippen LogP contribution in [0, 0.1) is 0 Å². The molecule has 3 heteroatoms. The SMILES string of the molecule is c1ccc(-c2ccc(-c3ccc(N(c4ccc(-c5ccc(-c6ccc(-c7ccc8c(c7)c7ccccc7n8-c7ccccc7)cc6)cc5)cc4)c4cccc5c4oc4c(-c6ccccc6)cc6ccccc6c45)cc3)cc2)cc1. The Balaban J connectivity index is 0.763. The van der Waals surface area contributed by atoms with E-state index in [9.17, 15) is 0 Å². The normalized spacial score (nSPS) is 11.5. The first kappa shape index (κ1) is 45.9. The number of aromatic nitrogens is 1. The minimum atomic E-state index is 0.840. The summed E-state index contributed by atoms with van der Waals surface area (Å²) in [6, 6.07) is 110. The molecule has 15 rings (SSSR count). The van der Waals surface area contributed by atoms with E-state index in [1.54, 1.807) is 0 Å². The Labute approximate surface area is 458 Å². The summed E-state index contributed by atoms with van der Waals surface area (Å²) < 4.78 is 9.58. The monoisotopic (exact) mass is 1010 g/mol. The Hall–Kier alpha value is -10.5. The number of furan rings is 1. The Bertz CT molecular complexity index is 4690. The van der Waals surface area contributed by atoms with Crippen molar-refractivity contribution in [1.29, 1.82) is 0 Å². The molecule has 0 saturated carbocycles. The van der Waals surface area contributed by atoms with Crippen LogP contribution in [0.2, 0.25) is 0 Å². The van der Waals surface area contributed by atoms with Crippen molar-refractivity contribution in [3.05, 3.63) is 303 Å². The quantitative estimate of drug-likeness (QED) is 0.136. The predicted molar refractivity (Wildman–Crippen MR) is 333 cm³/mol. The van der Waals surface area contributed by atoms with Crippen molar-refractivity contribution in [2.45, 2.75) is 0 Å². The van der Waals surface area contributed by atoms with Crippen LogP contribution in [0.3, 0.4) is 0 Å². The molecule has 15 aromatic rings. The van der Waals surface area contributed by atoms with E-state index in [0.717, 1.165) is 66.8 Å². The summed E-state index contributed by atoms with van der Waals surface area (Å²) in [6.07, 6.45) is 0. The number of fused-ring (bicyclic) bond motifs is 8. The van der Waals surface area contributed by atoms with Crippen molar-refractivity contribution in [2.24, 2.45) is 0 Å². The number of para-hydroxylation sites is 3. The molecule has 0 N–H and O–H groups in total. The lowest BCUT2D eigenvalue weighted by Crippen LogP contribution is -2.10. The number of benzene rings is 13. The third-order valence-corrected chi connectivity index (χ3v) is 15.8.